The molecule has 0 bridgehead atoms. The third kappa shape index (κ3) is 3.66. The molecular weight excluding hydrogens is 296 g/mol. The topological polar surface area (TPSA) is 33.2 Å². The Morgan fingerprint density at radius 1 is 1.12 bits per heavy atom. The van der Waals surface area contributed by atoms with E-state index in [1.54, 1.807) is 0 Å². The van der Waals surface area contributed by atoms with Gasteiger partial charge in [0.2, 0.25) is 0 Å². The lowest BCUT2D eigenvalue weighted by Crippen LogP contribution is -2.39. The SMILES string of the molecule is CC(C)(C)c1ccc(C(=O)N2CCCC(c3ccccn3)C2)cc1. The molecule has 0 N–H and O–H groups in total. The van der Waals surface area contributed by atoms with E-state index in [1.165, 1.54) is 5.56 Å². The van der Waals surface area contributed by atoms with Crippen LogP contribution in [0.15, 0.2) is 48.7 Å². The molecule has 126 valence electrons. The lowest BCUT2D eigenvalue weighted by atomic mass is 9.86. The largest absolute Gasteiger partial charge is 0.338 e. The van der Waals surface area contributed by atoms with E-state index < -0.39 is 0 Å². The molecule has 1 aromatic carbocycles. The second-order valence-corrected chi connectivity index (χ2v) is 7.67. The molecule has 1 fully saturated rings. The van der Waals surface area contributed by atoms with E-state index in [4.69, 9.17) is 0 Å². The van der Waals surface area contributed by atoms with Crippen molar-refractivity contribution in [2.75, 3.05) is 13.1 Å². The van der Waals surface area contributed by atoms with E-state index in [9.17, 15) is 4.79 Å². The first-order chi connectivity index (χ1) is 11.4. The standard InChI is InChI=1S/C21H26N2O/c1-21(2,3)18-11-9-16(10-12-18)20(24)23-14-6-7-17(15-23)19-8-4-5-13-22-19/h4-5,8-13,17H,6-7,14-15H2,1-3H3. The van der Waals surface area contributed by atoms with Gasteiger partial charge in [-0.3, -0.25) is 9.78 Å². The van der Waals surface area contributed by atoms with Crippen LogP contribution in [0.25, 0.3) is 0 Å². The number of benzene rings is 1. The van der Waals surface area contributed by atoms with Crippen LogP contribution in [-0.2, 0) is 5.41 Å². The van der Waals surface area contributed by atoms with Crippen molar-refractivity contribution in [3.8, 4) is 0 Å². The number of carbonyl (C=O) groups is 1. The summed E-state index contributed by atoms with van der Waals surface area (Å²) >= 11 is 0. The fourth-order valence-electron chi connectivity index (χ4n) is 3.32. The number of likely N-dealkylation sites (tertiary alicyclic amines) is 1. The van der Waals surface area contributed by atoms with Crippen LogP contribution >= 0.6 is 0 Å². The van der Waals surface area contributed by atoms with Crippen LogP contribution in [0, 0.1) is 0 Å². The van der Waals surface area contributed by atoms with Crippen LogP contribution < -0.4 is 0 Å². The van der Waals surface area contributed by atoms with Crippen LogP contribution in [0.4, 0.5) is 0 Å². The Kier molecular flexibility index (Phi) is 4.70. The van der Waals surface area contributed by atoms with E-state index in [0.717, 1.165) is 37.2 Å². The summed E-state index contributed by atoms with van der Waals surface area (Å²) in [5, 5.41) is 0. The average molecular weight is 322 g/mol. The van der Waals surface area contributed by atoms with Crippen molar-refractivity contribution >= 4 is 5.91 Å². The minimum Gasteiger partial charge on any atom is -0.338 e. The lowest BCUT2D eigenvalue weighted by Gasteiger charge is -2.32. The maximum absolute atomic E-state index is 12.8. The summed E-state index contributed by atoms with van der Waals surface area (Å²) in [4.78, 5) is 19.3. The van der Waals surface area contributed by atoms with Crippen molar-refractivity contribution in [3.63, 3.8) is 0 Å². The first kappa shape index (κ1) is 16.7. The molecule has 2 heterocycles. The zero-order valence-electron chi connectivity index (χ0n) is 14.8. The summed E-state index contributed by atoms with van der Waals surface area (Å²) in [6, 6.07) is 14.1. The molecule has 2 aromatic rings. The average Bonchev–Trinajstić information content (AvgIpc) is 2.61. The van der Waals surface area contributed by atoms with Crippen LogP contribution in [0.3, 0.4) is 0 Å². The van der Waals surface area contributed by atoms with Crippen molar-refractivity contribution in [2.24, 2.45) is 0 Å². The molecule has 3 heteroatoms. The number of carbonyl (C=O) groups excluding carboxylic acids is 1. The predicted octanol–water partition coefficient (Wildman–Crippen LogP) is 4.40. The lowest BCUT2D eigenvalue weighted by molar-refractivity contribution is 0.0706. The Hall–Kier alpha value is -2.16. The molecule has 0 spiro atoms. The zero-order valence-corrected chi connectivity index (χ0v) is 14.8. The summed E-state index contributed by atoms with van der Waals surface area (Å²) in [5.74, 6) is 0.480. The highest BCUT2D eigenvalue weighted by Crippen LogP contribution is 2.27. The summed E-state index contributed by atoms with van der Waals surface area (Å²) < 4.78 is 0. The molecule has 1 atom stereocenters. The van der Waals surface area contributed by atoms with Crippen LogP contribution in [0.2, 0.25) is 0 Å². The minimum absolute atomic E-state index is 0.108. The monoisotopic (exact) mass is 322 g/mol. The third-order valence-electron chi connectivity index (χ3n) is 4.81. The molecule has 1 aliphatic heterocycles. The number of rotatable bonds is 2. The summed E-state index contributed by atoms with van der Waals surface area (Å²) in [6.07, 6.45) is 3.97. The second kappa shape index (κ2) is 6.76. The second-order valence-electron chi connectivity index (χ2n) is 7.67. The van der Waals surface area contributed by atoms with Gasteiger partial charge in [-0.1, -0.05) is 39.0 Å². The fourth-order valence-corrected chi connectivity index (χ4v) is 3.32. The number of hydrogen-bond donors (Lipinski definition) is 0. The van der Waals surface area contributed by atoms with Gasteiger partial charge in [0.1, 0.15) is 0 Å². The molecule has 1 aliphatic rings. The minimum atomic E-state index is 0.108. The third-order valence-corrected chi connectivity index (χ3v) is 4.81. The van der Waals surface area contributed by atoms with Gasteiger partial charge in [-0.25, -0.2) is 0 Å². The van der Waals surface area contributed by atoms with Gasteiger partial charge in [-0.05, 0) is 48.1 Å². The molecule has 1 amide bonds. The first-order valence-corrected chi connectivity index (χ1v) is 8.76. The number of hydrogen-bond acceptors (Lipinski definition) is 2. The first-order valence-electron chi connectivity index (χ1n) is 8.76. The molecule has 3 rings (SSSR count). The molecular formula is C21H26N2O. The van der Waals surface area contributed by atoms with Gasteiger partial charge in [0.25, 0.3) is 5.91 Å². The number of piperidine rings is 1. The van der Waals surface area contributed by atoms with Crippen LogP contribution in [0.1, 0.15) is 61.1 Å². The molecule has 1 saturated heterocycles. The van der Waals surface area contributed by atoms with E-state index in [2.05, 4.69) is 44.0 Å². The molecule has 24 heavy (non-hydrogen) atoms. The van der Waals surface area contributed by atoms with Crippen molar-refractivity contribution in [1.82, 2.24) is 9.88 Å². The van der Waals surface area contributed by atoms with Gasteiger partial charge in [0.05, 0.1) is 0 Å². The van der Waals surface area contributed by atoms with Gasteiger partial charge >= 0.3 is 0 Å². The highest BCUT2D eigenvalue weighted by molar-refractivity contribution is 5.94. The van der Waals surface area contributed by atoms with Gasteiger partial charge in [-0.15, -0.1) is 0 Å². The molecule has 1 unspecified atom stereocenters. The molecule has 0 aliphatic carbocycles. The number of amides is 1. The number of nitrogens with zero attached hydrogens (tertiary/aromatic N) is 2. The maximum atomic E-state index is 12.8. The van der Waals surface area contributed by atoms with E-state index in [0.29, 0.717) is 5.92 Å². The Morgan fingerprint density at radius 3 is 2.50 bits per heavy atom. The van der Waals surface area contributed by atoms with Crippen LogP contribution in [0.5, 0.6) is 0 Å². The van der Waals surface area contributed by atoms with Crippen molar-refractivity contribution in [2.45, 2.75) is 44.9 Å². The fraction of sp³-hybridized carbons (Fsp3) is 0.429. The molecule has 0 saturated carbocycles. The summed E-state index contributed by atoms with van der Waals surface area (Å²) in [6.45, 7) is 8.16. The van der Waals surface area contributed by atoms with Crippen molar-refractivity contribution in [3.05, 3.63) is 65.5 Å². The van der Waals surface area contributed by atoms with Crippen molar-refractivity contribution in [1.29, 1.82) is 0 Å². The van der Waals surface area contributed by atoms with Gasteiger partial charge in [-0.2, -0.15) is 0 Å². The number of pyridine rings is 1. The van der Waals surface area contributed by atoms with E-state index >= 15 is 0 Å². The molecule has 1 aromatic heterocycles. The van der Waals surface area contributed by atoms with Gasteiger partial charge in [0.15, 0.2) is 0 Å². The highest BCUT2D eigenvalue weighted by Gasteiger charge is 2.26. The number of aromatic nitrogens is 1. The summed E-state index contributed by atoms with van der Waals surface area (Å²) in [7, 11) is 0. The summed E-state index contributed by atoms with van der Waals surface area (Å²) in [5.41, 5.74) is 3.24. The Labute approximate surface area is 144 Å². The Bertz CT molecular complexity index is 686. The Balaban J connectivity index is 1.73. The smallest absolute Gasteiger partial charge is 0.253 e. The van der Waals surface area contributed by atoms with Crippen LogP contribution in [-0.4, -0.2) is 28.9 Å². The van der Waals surface area contributed by atoms with Crippen molar-refractivity contribution < 1.29 is 4.79 Å². The zero-order chi connectivity index (χ0) is 17.2. The quantitative estimate of drug-likeness (QED) is 0.821. The normalized spacial score (nSPS) is 18.5. The van der Waals surface area contributed by atoms with E-state index in [1.807, 2.05) is 35.4 Å². The maximum Gasteiger partial charge on any atom is 0.253 e. The predicted molar refractivity (Wildman–Crippen MR) is 97.3 cm³/mol. The van der Waals surface area contributed by atoms with E-state index in [-0.39, 0.29) is 11.3 Å². The molecule has 0 radical (unpaired) electrons. The molecule has 3 nitrogen and oxygen atoms in total. The Morgan fingerprint density at radius 2 is 1.88 bits per heavy atom. The van der Waals surface area contributed by atoms with Gasteiger partial charge in [0, 0.05) is 36.5 Å². The highest BCUT2D eigenvalue weighted by atomic mass is 16.2. The van der Waals surface area contributed by atoms with Gasteiger partial charge < -0.3 is 4.90 Å².